The van der Waals surface area contributed by atoms with Crippen molar-refractivity contribution in [1.29, 1.82) is 0 Å². The Hall–Kier alpha value is -2.48. The van der Waals surface area contributed by atoms with Crippen molar-refractivity contribution in [2.75, 3.05) is 6.54 Å². The van der Waals surface area contributed by atoms with E-state index in [0.29, 0.717) is 18.7 Å². The van der Waals surface area contributed by atoms with Crippen molar-refractivity contribution in [3.63, 3.8) is 0 Å². The van der Waals surface area contributed by atoms with Gasteiger partial charge in [-0.15, -0.1) is 11.3 Å². The van der Waals surface area contributed by atoms with Crippen molar-refractivity contribution in [2.45, 2.75) is 26.1 Å². The third-order valence-electron chi connectivity index (χ3n) is 4.60. The Labute approximate surface area is 182 Å². The van der Waals surface area contributed by atoms with Crippen LogP contribution in [-0.4, -0.2) is 25.2 Å². The minimum atomic E-state index is -3.45. The molecule has 0 bridgehead atoms. The van der Waals surface area contributed by atoms with Gasteiger partial charge in [-0.25, -0.2) is 8.42 Å². The number of nitrogens with two attached hydrogens (primary N) is 1. The third-order valence-corrected chi connectivity index (χ3v) is 7.48. The monoisotopic (exact) mass is 442 g/mol. The topological polar surface area (TPSA) is 80.5 Å². The Morgan fingerprint density at radius 2 is 1.67 bits per heavy atom. The van der Waals surface area contributed by atoms with Gasteiger partial charge in [0.25, 0.3) is 0 Å². The molecule has 2 aromatic carbocycles. The molecule has 7 heteroatoms. The first-order valence-electron chi connectivity index (χ1n) is 9.75. The van der Waals surface area contributed by atoms with Crippen LogP contribution in [0.25, 0.3) is 10.4 Å². The molecule has 0 atom stereocenters. The first-order chi connectivity index (χ1) is 14.2. The first-order valence-corrected chi connectivity index (χ1v) is 12.2. The lowest BCUT2D eigenvalue weighted by Crippen LogP contribution is -2.34. The summed E-state index contributed by atoms with van der Waals surface area (Å²) >= 11 is 1.56. The van der Waals surface area contributed by atoms with Crippen molar-refractivity contribution in [1.82, 2.24) is 4.31 Å². The smallest absolute Gasteiger partial charge is 0.248 e. The zero-order valence-corrected chi connectivity index (χ0v) is 18.7. The minimum absolute atomic E-state index is 0.00658. The second kappa shape index (κ2) is 9.55. The van der Waals surface area contributed by atoms with Crippen LogP contribution >= 0.6 is 11.3 Å². The second-order valence-corrected chi connectivity index (χ2v) is 10.8. The van der Waals surface area contributed by atoms with E-state index in [4.69, 9.17) is 5.73 Å². The number of benzene rings is 2. The molecule has 3 aromatic rings. The highest BCUT2D eigenvalue weighted by Crippen LogP contribution is 2.30. The molecule has 0 saturated heterocycles. The highest BCUT2D eigenvalue weighted by molar-refractivity contribution is 7.88. The number of primary amides is 1. The molecule has 0 aliphatic carbocycles. The molecule has 0 unspecified atom stereocenters. The Morgan fingerprint density at radius 3 is 2.27 bits per heavy atom. The summed E-state index contributed by atoms with van der Waals surface area (Å²) in [6.07, 6.45) is 0. The minimum Gasteiger partial charge on any atom is -0.366 e. The highest BCUT2D eigenvalue weighted by Gasteiger charge is 2.24. The lowest BCUT2D eigenvalue weighted by atomic mass is 10.1. The van der Waals surface area contributed by atoms with Crippen LogP contribution in [0.3, 0.4) is 0 Å². The molecular formula is C23H26N2O3S2. The second-order valence-electron chi connectivity index (χ2n) is 7.64. The van der Waals surface area contributed by atoms with Crippen LogP contribution in [0.2, 0.25) is 0 Å². The number of amides is 1. The van der Waals surface area contributed by atoms with Crippen molar-refractivity contribution in [3.05, 3.63) is 82.7 Å². The maximum atomic E-state index is 13.1. The van der Waals surface area contributed by atoms with E-state index >= 15 is 0 Å². The van der Waals surface area contributed by atoms with E-state index in [1.54, 1.807) is 27.8 Å². The van der Waals surface area contributed by atoms with Crippen molar-refractivity contribution in [3.8, 4) is 10.4 Å². The zero-order chi connectivity index (χ0) is 21.7. The molecule has 0 saturated carbocycles. The summed E-state index contributed by atoms with van der Waals surface area (Å²) in [6.45, 7) is 4.85. The van der Waals surface area contributed by atoms with Gasteiger partial charge >= 0.3 is 0 Å². The number of rotatable bonds is 9. The number of carbonyl (C=O) groups is 1. The fourth-order valence-corrected chi connectivity index (χ4v) is 5.92. The van der Waals surface area contributed by atoms with Crippen LogP contribution in [0, 0.1) is 5.92 Å². The van der Waals surface area contributed by atoms with E-state index in [2.05, 4.69) is 0 Å². The van der Waals surface area contributed by atoms with Crippen LogP contribution in [0.1, 0.15) is 34.6 Å². The van der Waals surface area contributed by atoms with E-state index in [9.17, 15) is 13.2 Å². The molecule has 0 aliphatic heterocycles. The molecule has 3 rings (SSSR count). The number of thiophene rings is 1. The molecule has 0 spiro atoms. The molecule has 0 fully saturated rings. The molecule has 30 heavy (non-hydrogen) atoms. The molecule has 0 radical (unpaired) electrons. The van der Waals surface area contributed by atoms with E-state index in [1.807, 2.05) is 68.4 Å². The summed E-state index contributed by atoms with van der Waals surface area (Å²) in [5.74, 6) is -0.245. The van der Waals surface area contributed by atoms with Crippen LogP contribution in [-0.2, 0) is 22.3 Å². The normalized spacial score (nSPS) is 11.9. The maximum absolute atomic E-state index is 13.1. The summed E-state index contributed by atoms with van der Waals surface area (Å²) in [7, 11) is -3.45. The summed E-state index contributed by atoms with van der Waals surface area (Å²) in [6, 6.07) is 20.3. The standard InChI is InChI=1S/C23H26N2O3S2/c1-17(2)14-25(30(27,28)16-18-6-4-3-5-7-18)15-21-12-13-22(29-21)19-8-10-20(11-9-19)23(24)26/h3-13,17H,14-16H2,1-2H3,(H2,24,26). The Balaban J connectivity index is 1.79. The summed E-state index contributed by atoms with van der Waals surface area (Å²) in [4.78, 5) is 13.2. The molecule has 0 aliphatic rings. The predicted molar refractivity (Wildman–Crippen MR) is 123 cm³/mol. The number of hydrogen-bond donors (Lipinski definition) is 1. The van der Waals surface area contributed by atoms with Crippen LogP contribution in [0.4, 0.5) is 0 Å². The molecule has 1 aromatic heterocycles. The lowest BCUT2D eigenvalue weighted by molar-refractivity contribution is 0.100. The van der Waals surface area contributed by atoms with Gasteiger partial charge < -0.3 is 5.73 Å². The number of hydrogen-bond acceptors (Lipinski definition) is 4. The molecule has 158 valence electrons. The average Bonchev–Trinajstić information content (AvgIpc) is 3.16. The van der Waals surface area contributed by atoms with E-state index < -0.39 is 15.9 Å². The van der Waals surface area contributed by atoms with Gasteiger partial charge in [0.1, 0.15) is 0 Å². The lowest BCUT2D eigenvalue weighted by Gasteiger charge is -2.23. The number of nitrogens with zero attached hydrogens (tertiary/aromatic N) is 1. The Bertz CT molecular complexity index is 1090. The van der Waals surface area contributed by atoms with E-state index in [-0.39, 0.29) is 11.7 Å². The van der Waals surface area contributed by atoms with Gasteiger partial charge in [-0.3, -0.25) is 4.79 Å². The molecule has 1 heterocycles. The summed E-state index contributed by atoms with van der Waals surface area (Å²) in [5.41, 5.74) is 7.52. The van der Waals surface area contributed by atoms with Crippen molar-refractivity contribution >= 4 is 27.3 Å². The molecular weight excluding hydrogens is 416 g/mol. The molecule has 5 nitrogen and oxygen atoms in total. The predicted octanol–water partition coefficient (Wildman–Crippen LogP) is 4.50. The van der Waals surface area contributed by atoms with Gasteiger partial charge in [0.2, 0.25) is 15.9 Å². The quantitative estimate of drug-likeness (QED) is 0.530. The summed E-state index contributed by atoms with van der Waals surface area (Å²) in [5, 5.41) is 0. The van der Waals surface area contributed by atoms with Gasteiger partial charge in [0, 0.05) is 28.4 Å². The Morgan fingerprint density at radius 1 is 1.00 bits per heavy atom. The van der Waals surface area contributed by atoms with Gasteiger partial charge in [-0.05, 0) is 41.3 Å². The average molecular weight is 443 g/mol. The highest BCUT2D eigenvalue weighted by atomic mass is 32.2. The van der Waals surface area contributed by atoms with Crippen LogP contribution < -0.4 is 5.73 Å². The van der Waals surface area contributed by atoms with Gasteiger partial charge in [-0.1, -0.05) is 56.3 Å². The maximum Gasteiger partial charge on any atom is 0.248 e. The molecule has 1 amide bonds. The van der Waals surface area contributed by atoms with Gasteiger partial charge in [0.15, 0.2) is 0 Å². The summed E-state index contributed by atoms with van der Waals surface area (Å²) < 4.78 is 27.8. The fourth-order valence-electron chi connectivity index (χ4n) is 3.15. The van der Waals surface area contributed by atoms with Crippen LogP contribution in [0.15, 0.2) is 66.7 Å². The van der Waals surface area contributed by atoms with Crippen LogP contribution in [0.5, 0.6) is 0 Å². The number of sulfonamides is 1. The third kappa shape index (κ3) is 5.78. The van der Waals surface area contributed by atoms with Crippen molar-refractivity contribution < 1.29 is 13.2 Å². The SMILES string of the molecule is CC(C)CN(Cc1ccc(-c2ccc(C(N)=O)cc2)s1)S(=O)(=O)Cc1ccccc1. The number of carbonyl (C=O) groups excluding carboxylic acids is 1. The Kier molecular flexibility index (Phi) is 7.07. The van der Waals surface area contributed by atoms with E-state index in [1.165, 1.54) is 0 Å². The largest absolute Gasteiger partial charge is 0.366 e. The molecule has 2 N–H and O–H groups in total. The first kappa shape index (κ1) is 22.2. The van der Waals surface area contributed by atoms with Gasteiger partial charge in [-0.2, -0.15) is 4.31 Å². The fraction of sp³-hybridized carbons (Fsp3) is 0.261. The van der Waals surface area contributed by atoms with Crippen molar-refractivity contribution in [2.24, 2.45) is 11.7 Å². The van der Waals surface area contributed by atoms with Gasteiger partial charge in [0.05, 0.1) is 5.75 Å². The van der Waals surface area contributed by atoms with E-state index in [0.717, 1.165) is 20.9 Å². The zero-order valence-electron chi connectivity index (χ0n) is 17.1.